The summed E-state index contributed by atoms with van der Waals surface area (Å²) in [4.78, 5) is 9.25. The van der Waals surface area contributed by atoms with E-state index < -0.39 is 0 Å². The summed E-state index contributed by atoms with van der Waals surface area (Å²) >= 11 is 0. The Kier molecular flexibility index (Phi) is 11.8. The number of hydrogen-bond donors (Lipinski definition) is 0. The van der Waals surface area contributed by atoms with Crippen LogP contribution in [0.15, 0.2) is 36.7 Å². The number of hydrogen-bond acceptors (Lipinski definition) is 3. The minimum absolute atomic E-state index is 0.823. The lowest BCUT2D eigenvalue weighted by molar-refractivity contribution is 0.190. The van der Waals surface area contributed by atoms with E-state index in [0.29, 0.717) is 0 Å². The first-order valence-corrected chi connectivity index (χ1v) is 13.8. The van der Waals surface area contributed by atoms with Crippen molar-refractivity contribution in [2.45, 2.75) is 110 Å². The highest BCUT2D eigenvalue weighted by molar-refractivity contribution is 5.58. The Balaban J connectivity index is 1.38. The molecule has 182 valence electrons. The maximum absolute atomic E-state index is 6.07. The first-order valence-electron chi connectivity index (χ1n) is 13.8. The van der Waals surface area contributed by atoms with E-state index in [9.17, 15) is 0 Å². The molecule has 0 aliphatic heterocycles. The van der Waals surface area contributed by atoms with Crippen molar-refractivity contribution in [2.75, 3.05) is 6.61 Å². The van der Waals surface area contributed by atoms with Gasteiger partial charge >= 0.3 is 0 Å². The second-order valence-electron chi connectivity index (χ2n) is 10.0. The van der Waals surface area contributed by atoms with Crippen molar-refractivity contribution >= 4 is 0 Å². The first kappa shape index (κ1) is 25.7. The van der Waals surface area contributed by atoms with E-state index in [2.05, 4.69) is 48.1 Å². The molecule has 0 radical (unpaired) electrons. The van der Waals surface area contributed by atoms with Gasteiger partial charge in [0.15, 0.2) is 0 Å². The molecule has 0 bridgehead atoms. The second kappa shape index (κ2) is 15.1. The number of benzene rings is 1. The molecule has 1 aliphatic rings. The lowest BCUT2D eigenvalue weighted by atomic mass is 9.74. The number of aryl methyl sites for hydroxylation is 1. The summed E-state index contributed by atoms with van der Waals surface area (Å²) in [6, 6.07) is 8.35. The molecular weight excluding hydrogens is 404 g/mol. The SMILES string of the molecule is CCCCCCc1cnc(-c2ccc(OCCCC3CCCCC3CCCCC)cc2)cn1. The number of rotatable bonds is 15. The van der Waals surface area contributed by atoms with E-state index in [4.69, 9.17) is 4.74 Å². The van der Waals surface area contributed by atoms with Gasteiger partial charge in [-0.1, -0.05) is 84.5 Å². The van der Waals surface area contributed by atoms with E-state index in [1.165, 1.54) is 89.9 Å². The van der Waals surface area contributed by atoms with Crippen molar-refractivity contribution < 1.29 is 4.74 Å². The fraction of sp³-hybridized carbons (Fsp3) is 0.667. The maximum atomic E-state index is 6.07. The third kappa shape index (κ3) is 9.10. The molecule has 1 saturated carbocycles. The molecule has 2 unspecified atom stereocenters. The summed E-state index contributed by atoms with van der Waals surface area (Å²) in [5.41, 5.74) is 3.13. The van der Waals surface area contributed by atoms with Crippen LogP contribution in [0.25, 0.3) is 11.3 Å². The topological polar surface area (TPSA) is 35.0 Å². The van der Waals surface area contributed by atoms with Gasteiger partial charge in [-0.05, 0) is 61.8 Å². The maximum Gasteiger partial charge on any atom is 0.119 e. The molecule has 1 aromatic carbocycles. The van der Waals surface area contributed by atoms with Gasteiger partial charge in [0.2, 0.25) is 0 Å². The summed E-state index contributed by atoms with van der Waals surface area (Å²) in [6.07, 6.45) is 23.8. The molecule has 1 fully saturated rings. The molecule has 1 aliphatic carbocycles. The molecule has 3 rings (SSSR count). The Bertz CT molecular complexity index is 756. The third-order valence-corrected chi connectivity index (χ3v) is 7.37. The van der Waals surface area contributed by atoms with Crippen molar-refractivity contribution in [3.8, 4) is 17.0 Å². The van der Waals surface area contributed by atoms with E-state index in [1.54, 1.807) is 0 Å². The number of nitrogens with zero attached hydrogens (tertiary/aromatic N) is 2. The Morgan fingerprint density at radius 3 is 2.12 bits per heavy atom. The molecule has 33 heavy (non-hydrogen) atoms. The number of ether oxygens (including phenoxy) is 1. The standard InChI is InChI=1S/C30H46N2O/c1-3-5-7-9-17-28-23-32-30(24-31-28)27-18-20-29(21-19-27)33-22-12-16-26-15-11-10-14-25(26)13-8-6-4-2/h18-21,23-26H,3-17,22H2,1-2H3. The average molecular weight is 451 g/mol. The lowest BCUT2D eigenvalue weighted by Crippen LogP contribution is -2.20. The third-order valence-electron chi connectivity index (χ3n) is 7.37. The Morgan fingerprint density at radius 1 is 0.758 bits per heavy atom. The van der Waals surface area contributed by atoms with Crippen LogP contribution in [0.4, 0.5) is 0 Å². The minimum atomic E-state index is 0.823. The van der Waals surface area contributed by atoms with Crippen LogP contribution in [-0.4, -0.2) is 16.6 Å². The Labute approximate surface area is 202 Å². The molecule has 2 atom stereocenters. The summed E-state index contributed by atoms with van der Waals surface area (Å²) in [7, 11) is 0. The highest BCUT2D eigenvalue weighted by atomic mass is 16.5. The van der Waals surface area contributed by atoms with E-state index in [1.807, 2.05) is 12.4 Å². The van der Waals surface area contributed by atoms with Crippen LogP contribution in [0.5, 0.6) is 5.75 Å². The Morgan fingerprint density at radius 2 is 1.45 bits per heavy atom. The van der Waals surface area contributed by atoms with Crippen LogP contribution >= 0.6 is 0 Å². The minimum Gasteiger partial charge on any atom is -0.494 e. The summed E-state index contributed by atoms with van der Waals surface area (Å²) in [6.45, 7) is 5.37. The van der Waals surface area contributed by atoms with E-state index in [0.717, 1.165) is 47.6 Å². The molecule has 0 amide bonds. The number of unbranched alkanes of at least 4 members (excludes halogenated alkanes) is 5. The molecule has 1 aromatic heterocycles. The molecule has 0 saturated heterocycles. The van der Waals surface area contributed by atoms with Gasteiger partial charge in [-0.15, -0.1) is 0 Å². The smallest absolute Gasteiger partial charge is 0.119 e. The molecule has 3 heteroatoms. The van der Waals surface area contributed by atoms with Crippen molar-refractivity contribution in [1.82, 2.24) is 9.97 Å². The van der Waals surface area contributed by atoms with Crippen molar-refractivity contribution in [3.05, 3.63) is 42.4 Å². The quantitative estimate of drug-likeness (QED) is 0.254. The average Bonchev–Trinajstić information content (AvgIpc) is 2.86. The van der Waals surface area contributed by atoms with E-state index >= 15 is 0 Å². The molecule has 1 heterocycles. The fourth-order valence-electron chi connectivity index (χ4n) is 5.32. The van der Waals surface area contributed by atoms with Crippen molar-refractivity contribution in [3.63, 3.8) is 0 Å². The van der Waals surface area contributed by atoms with E-state index in [-0.39, 0.29) is 0 Å². The molecule has 3 nitrogen and oxygen atoms in total. The van der Waals surface area contributed by atoms with Crippen LogP contribution < -0.4 is 4.74 Å². The van der Waals surface area contributed by atoms with Gasteiger partial charge in [0.25, 0.3) is 0 Å². The molecule has 0 spiro atoms. The van der Waals surface area contributed by atoms with Gasteiger partial charge in [-0.25, -0.2) is 0 Å². The first-order chi connectivity index (χ1) is 16.3. The lowest BCUT2D eigenvalue weighted by Gasteiger charge is -2.31. The monoisotopic (exact) mass is 450 g/mol. The van der Waals surface area contributed by atoms with Gasteiger partial charge in [0.1, 0.15) is 5.75 Å². The van der Waals surface area contributed by atoms with Crippen LogP contribution in [0.3, 0.4) is 0 Å². The zero-order valence-electron chi connectivity index (χ0n) is 21.2. The van der Waals surface area contributed by atoms with Crippen molar-refractivity contribution in [2.24, 2.45) is 11.8 Å². The zero-order valence-corrected chi connectivity index (χ0v) is 21.2. The summed E-state index contributed by atoms with van der Waals surface area (Å²) < 4.78 is 6.07. The van der Waals surface area contributed by atoms with Crippen LogP contribution in [0.2, 0.25) is 0 Å². The summed E-state index contributed by atoms with van der Waals surface area (Å²) in [5, 5.41) is 0. The highest BCUT2D eigenvalue weighted by Crippen LogP contribution is 2.36. The predicted octanol–water partition coefficient (Wildman–Crippen LogP) is 8.81. The van der Waals surface area contributed by atoms with Gasteiger partial charge in [-0.3, -0.25) is 9.97 Å². The predicted molar refractivity (Wildman–Crippen MR) is 140 cm³/mol. The normalized spacial score (nSPS) is 18.4. The zero-order chi connectivity index (χ0) is 23.1. The fourth-order valence-corrected chi connectivity index (χ4v) is 5.32. The number of aromatic nitrogens is 2. The van der Waals surface area contributed by atoms with Gasteiger partial charge in [-0.2, -0.15) is 0 Å². The molecule has 2 aromatic rings. The molecular formula is C30H46N2O. The molecule has 0 N–H and O–H groups in total. The van der Waals surface area contributed by atoms with Crippen LogP contribution in [0, 0.1) is 11.8 Å². The largest absolute Gasteiger partial charge is 0.494 e. The van der Waals surface area contributed by atoms with Crippen LogP contribution in [0.1, 0.15) is 109 Å². The second-order valence-corrected chi connectivity index (χ2v) is 10.0. The van der Waals surface area contributed by atoms with Crippen molar-refractivity contribution in [1.29, 1.82) is 0 Å². The van der Waals surface area contributed by atoms with Gasteiger partial charge in [0.05, 0.1) is 24.2 Å². The van der Waals surface area contributed by atoms with Crippen LogP contribution in [-0.2, 0) is 6.42 Å². The highest BCUT2D eigenvalue weighted by Gasteiger charge is 2.24. The van der Waals surface area contributed by atoms with Gasteiger partial charge in [0, 0.05) is 11.8 Å². The Hall–Kier alpha value is -1.90. The summed E-state index contributed by atoms with van der Waals surface area (Å²) in [5.74, 6) is 2.85. The van der Waals surface area contributed by atoms with Gasteiger partial charge < -0.3 is 4.74 Å².